The molecule has 102 valence electrons. The Morgan fingerprint density at radius 1 is 1.50 bits per heavy atom. The molecule has 0 aromatic rings. The number of thioether (sulfide) groups is 1. The van der Waals surface area contributed by atoms with Crippen LogP contribution in [0.25, 0.3) is 0 Å². The third-order valence-electron chi connectivity index (χ3n) is 2.64. The number of carboxylic acid groups (broad SMARTS) is 1. The molecule has 1 aliphatic rings. The molecule has 0 radical (unpaired) electrons. The smallest absolute Gasteiger partial charge is 0.328 e. The summed E-state index contributed by atoms with van der Waals surface area (Å²) in [5, 5.41) is 11.2. The number of nitrogens with zero attached hydrogens (tertiary/aromatic N) is 1. The number of urea groups is 1. The van der Waals surface area contributed by atoms with Crippen LogP contribution >= 0.6 is 11.8 Å². The number of amides is 2. The molecule has 1 rings (SSSR count). The van der Waals surface area contributed by atoms with Crippen LogP contribution in [0, 0.1) is 0 Å². The second-order valence-corrected chi connectivity index (χ2v) is 5.24. The first-order chi connectivity index (χ1) is 8.38. The highest BCUT2D eigenvalue weighted by Gasteiger charge is 2.40. The van der Waals surface area contributed by atoms with Crippen molar-refractivity contribution in [2.45, 2.75) is 31.3 Å². The van der Waals surface area contributed by atoms with Gasteiger partial charge in [0.15, 0.2) is 0 Å². The van der Waals surface area contributed by atoms with Crippen molar-refractivity contribution in [2.75, 3.05) is 12.9 Å². The Bertz CT molecular complexity index is 362. The maximum Gasteiger partial charge on any atom is 0.328 e. The van der Waals surface area contributed by atoms with Crippen molar-refractivity contribution in [1.82, 2.24) is 10.2 Å². The fraction of sp³-hybridized carbons (Fsp3) is 0.700. The zero-order valence-corrected chi connectivity index (χ0v) is 11.2. The molecule has 0 aromatic carbocycles. The number of hydrogen-bond acceptors (Lipinski definition) is 5. The normalized spacial score (nSPS) is 24.5. The first-order valence-electron chi connectivity index (χ1n) is 5.39. The zero-order valence-electron chi connectivity index (χ0n) is 10.4. The highest BCUT2D eigenvalue weighted by atomic mass is 32.2. The minimum absolute atomic E-state index is 0.240. The first-order valence-corrected chi connectivity index (χ1v) is 6.44. The molecular formula is C10H16N2O5S. The molecule has 7 nitrogen and oxygen atoms in total. The van der Waals surface area contributed by atoms with Gasteiger partial charge in [-0.15, -0.1) is 11.8 Å². The standard InChI is InChI=1S/C10H16N2O5S/c1-5(9(15)17-3)11-10(16)12-6(2)18-4-7(12)8(13)14/h5-7H,4H2,1-3H3,(H,11,16)(H,13,14). The van der Waals surface area contributed by atoms with E-state index < -0.39 is 30.1 Å². The number of ether oxygens (including phenoxy) is 1. The van der Waals surface area contributed by atoms with E-state index in [0.29, 0.717) is 5.75 Å². The lowest BCUT2D eigenvalue weighted by Gasteiger charge is -2.26. The van der Waals surface area contributed by atoms with Gasteiger partial charge < -0.3 is 15.2 Å². The molecule has 1 fully saturated rings. The number of nitrogens with one attached hydrogen (secondary N) is 1. The molecule has 0 saturated carbocycles. The molecule has 0 aromatic heterocycles. The first kappa shape index (κ1) is 14.6. The van der Waals surface area contributed by atoms with E-state index in [1.807, 2.05) is 0 Å². The van der Waals surface area contributed by atoms with Crippen molar-refractivity contribution in [3.8, 4) is 0 Å². The van der Waals surface area contributed by atoms with Gasteiger partial charge in [0.1, 0.15) is 12.1 Å². The molecule has 0 bridgehead atoms. The van der Waals surface area contributed by atoms with E-state index in [1.54, 1.807) is 6.92 Å². The van der Waals surface area contributed by atoms with Gasteiger partial charge in [0.2, 0.25) is 0 Å². The number of carbonyl (C=O) groups excluding carboxylic acids is 2. The van der Waals surface area contributed by atoms with Crippen molar-refractivity contribution < 1.29 is 24.2 Å². The molecule has 1 aliphatic heterocycles. The van der Waals surface area contributed by atoms with Gasteiger partial charge in [-0.1, -0.05) is 0 Å². The summed E-state index contributed by atoms with van der Waals surface area (Å²) in [5.41, 5.74) is 0. The van der Waals surface area contributed by atoms with Gasteiger partial charge in [0, 0.05) is 5.75 Å². The van der Waals surface area contributed by atoms with Crippen LogP contribution in [0.2, 0.25) is 0 Å². The van der Waals surface area contributed by atoms with Crippen LogP contribution in [0.5, 0.6) is 0 Å². The van der Waals surface area contributed by atoms with E-state index in [-0.39, 0.29) is 5.37 Å². The third-order valence-corrected chi connectivity index (χ3v) is 3.85. The zero-order chi connectivity index (χ0) is 13.9. The molecule has 1 saturated heterocycles. The fourth-order valence-electron chi connectivity index (χ4n) is 1.64. The summed E-state index contributed by atoms with van der Waals surface area (Å²) in [6, 6.07) is -2.25. The molecule has 18 heavy (non-hydrogen) atoms. The van der Waals surface area contributed by atoms with Crippen LogP contribution < -0.4 is 5.32 Å². The monoisotopic (exact) mass is 276 g/mol. The van der Waals surface area contributed by atoms with E-state index in [0.717, 1.165) is 0 Å². The highest BCUT2D eigenvalue weighted by molar-refractivity contribution is 8.00. The van der Waals surface area contributed by atoms with Crippen LogP contribution in [0.3, 0.4) is 0 Å². The number of rotatable bonds is 3. The molecule has 8 heteroatoms. The minimum atomic E-state index is -1.05. The van der Waals surface area contributed by atoms with Gasteiger partial charge in [0.05, 0.1) is 12.5 Å². The maximum absolute atomic E-state index is 11.9. The van der Waals surface area contributed by atoms with Crippen molar-refractivity contribution in [1.29, 1.82) is 0 Å². The number of carboxylic acids is 1. The summed E-state index contributed by atoms with van der Waals surface area (Å²) in [7, 11) is 1.22. The Kier molecular flexibility index (Phi) is 4.83. The molecule has 2 N–H and O–H groups in total. The van der Waals surface area contributed by atoms with Crippen LogP contribution in [0.4, 0.5) is 4.79 Å². The number of aliphatic carboxylic acids is 1. The Morgan fingerprint density at radius 2 is 2.11 bits per heavy atom. The molecular weight excluding hydrogens is 260 g/mol. The molecule has 1 heterocycles. The van der Waals surface area contributed by atoms with Crippen LogP contribution in [-0.2, 0) is 14.3 Å². The molecule has 2 amide bonds. The Hall–Kier alpha value is -1.44. The van der Waals surface area contributed by atoms with Crippen LogP contribution in [0.15, 0.2) is 0 Å². The lowest BCUT2D eigenvalue weighted by Crippen LogP contribution is -2.53. The third kappa shape index (κ3) is 3.06. The summed E-state index contributed by atoms with van der Waals surface area (Å²) in [5.74, 6) is -1.28. The number of esters is 1. The summed E-state index contributed by atoms with van der Waals surface area (Å²) in [4.78, 5) is 35.4. The number of carbonyl (C=O) groups is 3. The van der Waals surface area contributed by atoms with Gasteiger partial charge in [-0.25, -0.2) is 14.4 Å². The second-order valence-electron chi connectivity index (χ2n) is 3.89. The summed E-state index contributed by atoms with van der Waals surface area (Å²) < 4.78 is 4.48. The average molecular weight is 276 g/mol. The van der Waals surface area contributed by atoms with Gasteiger partial charge in [-0.2, -0.15) is 0 Å². The molecule has 0 spiro atoms. The van der Waals surface area contributed by atoms with Crippen molar-refractivity contribution in [3.05, 3.63) is 0 Å². The molecule has 3 atom stereocenters. The lowest BCUT2D eigenvalue weighted by molar-refractivity contribution is -0.142. The van der Waals surface area contributed by atoms with E-state index in [2.05, 4.69) is 10.1 Å². The Morgan fingerprint density at radius 3 is 2.61 bits per heavy atom. The predicted molar refractivity (Wildman–Crippen MR) is 65.2 cm³/mol. The topological polar surface area (TPSA) is 95.9 Å². The van der Waals surface area contributed by atoms with Crippen LogP contribution in [0.1, 0.15) is 13.8 Å². The number of hydrogen-bond donors (Lipinski definition) is 2. The quantitative estimate of drug-likeness (QED) is 0.710. The summed E-state index contributed by atoms with van der Waals surface area (Å²) in [6.07, 6.45) is 0. The van der Waals surface area contributed by atoms with Gasteiger partial charge >= 0.3 is 18.0 Å². The highest BCUT2D eigenvalue weighted by Crippen LogP contribution is 2.28. The van der Waals surface area contributed by atoms with Gasteiger partial charge in [-0.3, -0.25) is 4.90 Å². The van der Waals surface area contributed by atoms with Crippen molar-refractivity contribution in [3.63, 3.8) is 0 Å². The SMILES string of the molecule is COC(=O)C(C)NC(=O)N1C(C)SCC1C(=O)O. The van der Waals surface area contributed by atoms with E-state index >= 15 is 0 Å². The van der Waals surface area contributed by atoms with Gasteiger partial charge in [-0.05, 0) is 13.8 Å². The Balaban J connectivity index is 2.70. The molecule has 3 unspecified atom stereocenters. The number of methoxy groups -OCH3 is 1. The van der Waals surface area contributed by atoms with Crippen molar-refractivity contribution >= 4 is 29.7 Å². The largest absolute Gasteiger partial charge is 0.480 e. The molecule has 0 aliphatic carbocycles. The van der Waals surface area contributed by atoms with E-state index in [4.69, 9.17) is 5.11 Å². The Labute approximate surface area is 109 Å². The predicted octanol–water partition coefficient (Wildman–Crippen LogP) is 0.105. The fourth-order valence-corrected chi connectivity index (χ4v) is 2.80. The van der Waals surface area contributed by atoms with Crippen molar-refractivity contribution in [2.24, 2.45) is 0 Å². The van der Waals surface area contributed by atoms with E-state index in [1.165, 1.54) is 30.7 Å². The minimum Gasteiger partial charge on any atom is -0.480 e. The lowest BCUT2D eigenvalue weighted by atomic mass is 10.3. The summed E-state index contributed by atoms with van der Waals surface area (Å²) in [6.45, 7) is 3.23. The van der Waals surface area contributed by atoms with E-state index in [9.17, 15) is 14.4 Å². The average Bonchev–Trinajstić information content (AvgIpc) is 2.69. The van der Waals surface area contributed by atoms with Crippen LogP contribution in [-0.4, -0.2) is 58.3 Å². The summed E-state index contributed by atoms with van der Waals surface area (Å²) >= 11 is 1.38. The van der Waals surface area contributed by atoms with Gasteiger partial charge in [0.25, 0.3) is 0 Å². The maximum atomic E-state index is 11.9. The second kappa shape index (κ2) is 5.94.